The highest BCUT2D eigenvalue weighted by atomic mass is 32.2. The summed E-state index contributed by atoms with van der Waals surface area (Å²) in [5.74, 6) is 0.893. The maximum atomic E-state index is 11.3. The number of aliphatic hydroxyl groups is 1. The molecular weight excluding hydrogens is 236 g/mol. The number of ether oxygens (including phenoxy) is 1. The molecule has 0 aliphatic heterocycles. The average Bonchev–Trinajstić information content (AvgIpc) is 2.94. The van der Waals surface area contributed by atoms with Crippen molar-refractivity contribution in [3.8, 4) is 0 Å². The highest BCUT2D eigenvalue weighted by Crippen LogP contribution is 2.53. The van der Waals surface area contributed by atoms with Gasteiger partial charge in [-0.1, -0.05) is 0 Å². The lowest BCUT2D eigenvalue weighted by molar-refractivity contribution is -0.141. The highest BCUT2D eigenvalue weighted by Gasteiger charge is 2.46. The number of thioether (sulfide) groups is 1. The zero-order chi connectivity index (χ0) is 12.5. The fraction of sp³-hybridized carbons (Fsp3) is 0.923. The number of rotatable bonds is 5. The van der Waals surface area contributed by atoms with E-state index >= 15 is 0 Å². The summed E-state index contributed by atoms with van der Waals surface area (Å²) in [5.41, 5.74) is -0.331. The fourth-order valence-electron chi connectivity index (χ4n) is 2.58. The molecule has 98 valence electrons. The topological polar surface area (TPSA) is 46.5 Å². The molecule has 17 heavy (non-hydrogen) atoms. The van der Waals surface area contributed by atoms with Crippen LogP contribution in [-0.2, 0) is 9.53 Å². The van der Waals surface area contributed by atoms with E-state index in [1.165, 1.54) is 7.11 Å². The molecule has 0 aromatic carbocycles. The molecule has 0 amide bonds. The number of esters is 1. The maximum absolute atomic E-state index is 11.3. The van der Waals surface area contributed by atoms with Crippen LogP contribution in [0.5, 0.6) is 0 Å². The molecule has 2 atom stereocenters. The van der Waals surface area contributed by atoms with Gasteiger partial charge in [-0.15, -0.1) is 0 Å². The van der Waals surface area contributed by atoms with E-state index < -0.39 is 5.60 Å². The van der Waals surface area contributed by atoms with Gasteiger partial charge in [0, 0.05) is 5.25 Å². The Kier molecular flexibility index (Phi) is 3.74. The third-order valence-corrected chi connectivity index (χ3v) is 6.06. The van der Waals surface area contributed by atoms with Crippen molar-refractivity contribution in [2.24, 2.45) is 5.41 Å². The predicted octanol–water partition coefficient (Wildman–Crippen LogP) is 2.37. The van der Waals surface area contributed by atoms with Gasteiger partial charge >= 0.3 is 5.97 Å². The second-order valence-corrected chi connectivity index (χ2v) is 6.99. The maximum Gasteiger partial charge on any atom is 0.306 e. The van der Waals surface area contributed by atoms with E-state index in [0.29, 0.717) is 11.7 Å². The Labute approximate surface area is 107 Å². The summed E-state index contributed by atoms with van der Waals surface area (Å²) in [6.45, 7) is 1.94. The quantitative estimate of drug-likeness (QED) is 0.769. The van der Waals surface area contributed by atoms with E-state index in [-0.39, 0.29) is 11.4 Å². The van der Waals surface area contributed by atoms with Crippen LogP contribution in [0.15, 0.2) is 0 Å². The van der Waals surface area contributed by atoms with Gasteiger partial charge in [0.15, 0.2) is 0 Å². The van der Waals surface area contributed by atoms with Gasteiger partial charge in [0.2, 0.25) is 0 Å². The van der Waals surface area contributed by atoms with Crippen molar-refractivity contribution in [2.45, 2.75) is 56.3 Å². The Morgan fingerprint density at radius 2 is 2.18 bits per heavy atom. The van der Waals surface area contributed by atoms with Gasteiger partial charge in [0.25, 0.3) is 0 Å². The van der Waals surface area contributed by atoms with Crippen molar-refractivity contribution in [3.63, 3.8) is 0 Å². The minimum absolute atomic E-state index is 0.0960. The summed E-state index contributed by atoms with van der Waals surface area (Å²) in [7, 11) is 1.45. The minimum atomic E-state index is -0.508. The predicted molar refractivity (Wildman–Crippen MR) is 69.0 cm³/mol. The van der Waals surface area contributed by atoms with Crippen LogP contribution in [0.1, 0.15) is 45.4 Å². The summed E-state index contributed by atoms with van der Waals surface area (Å²) in [6, 6.07) is 0. The smallest absolute Gasteiger partial charge is 0.306 e. The van der Waals surface area contributed by atoms with E-state index in [1.807, 2.05) is 18.7 Å². The molecule has 4 heteroatoms. The van der Waals surface area contributed by atoms with Crippen LogP contribution < -0.4 is 0 Å². The van der Waals surface area contributed by atoms with E-state index in [0.717, 1.165) is 37.9 Å². The molecule has 2 saturated carbocycles. The minimum Gasteiger partial charge on any atom is -0.469 e. The third kappa shape index (κ3) is 3.16. The molecule has 3 nitrogen and oxygen atoms in total. The normalized spacial score (nSPS) is 34.6. The lowest BCUT2D eigenvalue weighted by Crippen LogP contribution is -2.32. The summed E-state index contributed by atoms with van der Waals surface area (Å²) in [6.07, 6.45) is 5.94. The first kappa shape index (κ1) is 13.2. The van der Waals surface area contributed by atoms with Crippen LogP contribution in [0.3, 0.4) is 0 Å². The molecule has 0 saturated heterocycles. The molecule has 2 rings (SSSR count). The first-order chi connectivity index (χ1) is 7.97. The van der Waals surface area contributed by atoms with E-state index in [9.17, 15) is 9.90 Å². The Bertz CT molecular complexity index is 297. The Hall–Kier alpha value is -0.220. The number of methoxy groups -OCH3 is 1. The second-order valence-electron chi connectivity index (χ2n) is 5.80. The molecule has 2 aliphatic rings. The average molecular weight is 258 g/mol. The van der Waals surface area contributed by atoms with Crippen LogP contribution in [0.2, 0.25) is 0 Å². The molecule has 1 N–H and O–H groups in total. The van der Waals surface area contributed by atoms with Crippen molar-refractivity contribution in [3.05, 3.63) is 0 Å². The Morgan fingerprint density at radius 1 is 1.47 bits per heavy atom. The van der Waals surface area contributed by atoms with Crippen molar-refractivity contribution in [1.29, 1.82) is 0 Å². The molecule has 0 bridgehead atoms. The van der Waals surface area contributed by atoms with E-state index in [1.54, 1.807) is 0 Å². The van der Waals surface area contributed by atoms with Crippen LogP contribution in [-0.4, -0.2) is 34.8 Å². The van der Waals surface area contributed by atoms with Gasteiger partial charge in [-0.25, -0.2) is 0 Å². The monoisotopic (exact) mass is 258 g/mol. The highest BCUT2D eigenvalue weighted by molar-refractivity contribution is 8.00. The molecular formula is C13H22O3S. The zero-order valence-corrected chi connectivity index (χ0v) is 11.5. The fourth-order valence-corrected chi connectivity index (χ4v) is 4.34. The lowest BCUT2D eigenvalue weighted by Gasteiger charge is -2.26. The van der Waals surface area contributed by atoms with Crippen molar-refractivity contribution >= 4 is 17.7 Å². The molecule has 2 aliphatic carbocycles. The first-order valence-electron chi connectivity index (χ1n) is 6.38. The van der Waals surface area contributed by atoms with Crippen molar-refractivity contribution in [1.82, 2.24) is 0 Å². The lowest BCUT2D eigenvalue weighted by atomic mass is 10.1. The van der Waals surface area contributed by atoms with Crippen LogP contribution in [0.25, 0.3) is 0 Å². The Balaban J connectivity index is 1.80. The van der Waals surface area contributed by atoms with Gasteiger partial charge in [-0.2, -0.15) is 11.8 Å². The summed E-state index contributed by atoms with van der Waals surface area (Å²) in [5, 5.41) is 10.5. The number of carbonyl (C=O) groups excluding carboxylic acids is 1. The van der Waals surface area contributed by atoms with E-state index in [2.05, 4.69) is 0 Å². The molecule has 0 aromatic heterocycles. The van der Waals surface area contributed by atoms with E-state index in [4.69, 9.17) is 4.74 Å². The zero-order valence-electron chi connectivity index (χ0n) is 10.7. The van der Waals surface area contributed by atoms with Crippen molar-refractivity contribution < 1.29 is 14.6 Å². The van der Waals surface area contributed by atoms with Gasteiger partial charge < -0.3 is 9.84 Å². The Morgan fingerprint density at radius 3 is 2.65 bits per heavy atom. The second kappa shape index (κ2) is 4.81. The molecule has 2 fully saturated rings. The van der Waals surface area contributed by atoms with Crippen LogP contribution >= 0.6 is 11.8 Å². The van der Waals surface area contributed by atoms with Crippen molar-refractivity contribution in [2.75, 3.05) is 12.9 Å². The van der Waals surface area contributed by atoms with Gasteiger partial charge in [0.05, 0.1) is 19.1 Å². The molecule has 2 unspecified atom stereocenters. The first-order valence-corrected chi connectivity index (χ1v) is 7.43. The molecule has 0 aromatic rings. The van der Waals surface area contributed by atoms with Crippen LogP contribution in [0, 0.1) is 5.41 Å². The third-order valence-electron chi connectivity index (χ3n) is 4.14. The SMILES string of the molecule is COC(=O)CC1(CSC2CCCC2(C)O)CC1. The largest absolute Gasteiger partial charge is 0.469 e. The summed E-state index contributed by atoms with van der Waals surface area (Å²) in [4.78, 5) is 11.3. The summed E-state index contributed by atoms with van der Waals surface area (Å²) < 4.78 is 4.74. The summed E-state index contributed by atoms with van der Waals surface area (Å²) >= 11 is 1.86. The number of hydrogen-bond acceptors (Lipinski definition) is 4. The van der Waals surface area contributed by atoms with Gasteiger partial charge in [-0.3, -0.25) is 4.79 Å². The molecule has 0 spiro atoms. The molecule has 0 radical (unpaired) electrons. The van der Waals surface area contributed by atoms with Crippen LogP contribution in [0.4, 0.5) is 0 Å². The standard InChI is InChI=1S/C13H22O3S/c1-12(15)5-3-4-10(12)17-9-13(6-7-13)8-11(14)16-2/h10,15H,3-9H2,1-2H3. The van der Waals surface area contributed by atoms with Gasteiger partial charge in [0.1, 0.15) is 0 Å². The molecule has 0 heterocycles. The number of hydrogen-bond donors (Lipinski definition) is 1. The number of carbonyl (C=O) groups is 1. The van der Waals surface area contributed by atoms with Gasteiger partial charge in [-0.05, 0) is 50.2 Å².